The van der Waals surface area contributed by atoms with Gasteiger partial charge < -0.3 is 5.32 Å². The van der Waals surface area contributed by atoms with Gasteiger partial charge in [-0.1, -0.05) is 55.5 Å². The molecule has 3 aliphatic rings. The molecule has 3 heterocycles. The summed E-state index contributed by atoms with van der Waals surface area (Å²) >= 11 is 1.71. The summed E-state index contributed by atoms with van der Waals surface area (Å²) in [5.41, 5.74) is 2.53. The highest BCUT2D eigenvalue weighted by molar-refractivity contribution is 7.98. The summed E-state index contributed by atoms with van der Waals surface area (Å²) in [6.45, 7) is 2.39. The zero-order valence-electron chi connectivity index (χ0n) is 19.0. The van der Waals surface area contributed by atoms with E-state index >= 15 is 0 Å². The van der Waals surface area contributed by atoms with Gasteiger partial charge in [-0.2, -0.15) is 11.8 Å². The third kappa shape index (κ3) is 3.32. The van der Waals surface area contributed by atoms with Crippen LogP contribution >= 0.6 is 11.8 Å². The van der Waals surface area contributed by atoms with E-state index in [-0.39, 0.29) is 23.8 Å². The number of para-hydroxylation sites is 1. The molecule has 3 aliphatic heterocycles. The molecule has 2 saturated heterocycles. The van der Waals surface area contributed by atoms with Gasteiger partial charge in [0, 0.05) is 23.8 Å². The first kappa shape index (κ1) is 22.2. The highest BCUT2D eigenvalue weighted by Crippen LogP contribution is 2.54. The molecule has 0 radical (unpaired) electrons. The molecule has 0 aromatic heterocycles. The number of hydrogen-bond donors (Lipinski definition) is 2. The molecule has 0 bridgehead atoms. The molecule has 0 saturated carbocycles. The molecule has 0 unspecified atom stereocenters. The zero-order valence-corrected chi connectivity index (χ0v) is 19.8. The molecule has 1 spiro atoms. The number of aryl methyl sites for hydroxylation is 1. The number of imide groups is 1. The number of benzene rings is 2. The SMILES string of the molecule is CCc1cccc2c1NC(=O)[C@@]21N[C@@H](CCSC)[C@H]2C(=O)N(CCc3ccccc3)C(=O)[C@@H]21. The van der Waals surface area contributed by atoms with Gasteiger partial charge in [-0.3, -0.25) is 24.6 Å². The predicted octanol–water partition coefficient (Wildman–Crippen LogP) is 2.97. The summed E-state index contributed by atoms with van der Waals surface area (Å²) < 4.78 is 0. The summed E-state index contributed by atoms with van der Waals surface area (Å²) in [6, 6.07) is 15.5. The van der Waals surface area contributed by atoms with Crippen molar-refractivity contribution < 1.29 is 14.4 Å². The van der Waals surface area contributed by atoms with Crippen LogP contribution in [0.4, 0.5) is 5.69 Å². The van der Waals surface area contributed by atoms with Crippen molar-refractivity contribution >= 4 is 35.2 Å². The maximum Gasteiger partial charge on any atom is 0.250 e. The van der Waals surface area contributed by atoms with Crippen LogP contribution in [0.5, 0.6) is 0 Å². The van der Waals surface area contributed by atoms with Gasteiger partial charge in [0.2, 0.25) is 17.7 Å². The molecule has 4 atom stereocenters. The fourth-order valence-electron chi connectivity index (χ4n) is 5.84. The van der Waals surface area contributed by atoms with E-state index in [0.717, 1.165) is 41.0 Å². The van der Waals surface area contributed by atoms with Crippen molar-refractivity contribution in [1.82, 2.24) is 10.2 Å². The molecule has 2 N–H and O–H groups in total. The Morgan fingerprint density at radius 1 is 1.03 bits per heavy atom. The van der Waals surface area contributed by atoms with E-state index in [2.05, 4.69) is 17.6 Å². The molecule has 2 aromatic carbocycles. The average Bonchev–Trinajstić information content (AvgIpc) is 3.41. The van der Waals surface area contributed by atoms with Gasteiger partial charge in [-0.15, -0.1) is 0 Å². The maximum absolute atomic E-state index is 13.8. The van der Waals surface area contributed by atoms with E-state index in [4.69, 9.17) is 0 Å². The molecule has 0 aliphatic carbocycles. The van der Waals surface area contributed by atoms with Crippen LogP contribution < -0.4 is 10.6 Å². The lowest BCUT2D eigenvalue weighted by Gasteiger charge is -2.29. The number of nitrogens with one attached hydrogen (secondary N) is 2. The normalized spacial score (nSPS) is 27.9. The Hall–Kier alpha value is -2.64. The summed E-state index contributed by atoms with van der Waals surface area (Å²) in [5.74, 6) is -0.991. The first-order chi connectivity index (χ1) is 16.0. The van der Waals surface area contributed by atoms with Gasteiger partial charge >= 0.3 is 0 Å². The van der Waals surface area contributed by atoms with Crippen LogP contribution in [0.25, 0.3) is 0 Å². The summed E-state index contributed by atoms with van der Waals surface area (Å²) in [5, 5.41) is 6.58. The second kappa shape index (κ2) is 8.61. The van der Waals surface area contributed by atoms with E-state index in [0.29, 0.717) is 13.0 Å². The monoisotopic (exact) mass is 463 g/mol. The number of likely N-dealkylation sites (tertiary alicyclic amines) is 1. The number of carbonyl (C=O) groups excluding carboxylic acids is 3. The number of thioether (sulfide) groups is 1. The third-order valence-corrected chi connectivity index (χ3v) is 8.05. The molecule has 2 aromatic rings. The largest absolute Gasteiger partial charge is 0.324 e. The summed E-state index contributed by atoms with van der Waals surface area (Å²) in [7, 11) is 0. The van der Waals surface area contributed by atoms with Gasteiger partial charge in [0.15, 0.2) is 0 Å². The molecule has 33 heavy (non-hydrogen) atoms. The summed E-state index contributed by atoms with van der Waals surface area (Å²) in [4.78, 5) is 42.4. The number of anilines is 1. The molecule has 3 amide bonds. The lowest BCUT2D eigenvalue weighted by Crippen LogP contribution is -2.53. The smallest absolute Gasteiger partial charge is 0.250 e. The molecular formula is C26H29N3O3S. The maximum atomic E-state index is 13.8. The van der Waals surface area contributed by atoms with Gasteiger partial charge in [0.1, 0.15) is 5.54 Å². The minimum absolute atomic E-state index is 0.149. The number of fused-ring (bicyclic) bond motifs is 4. The zero-order chi connectivity index (χ0) is 23.2. The topological polar surface area (TPSA) is 78.5 Å². The number of nitrogens with zero attached hydrogens (tertiary/aromatic N) is 1. The van der Waals surface area contributed by atoms with Crippen LogP contribution in [0.2, 0.25) is 0 Å². The van der Waals surface area contributed by atoms with Crippen molar-refractivity contribution in [2.45, 2.75) is 37.8 Å². The Morgan fingerprint density at radius 2 is 1.82 bits per heavy atom. The summed E-state index contributed by atoms with van der Waals surface area (Å²) in [6.07, 6.45) is 4.14. The number of hydrogen-bond acceptors (Lipinski definition) is 5. The predicted molar refractivity (Wildman–Crippen MR) is 130 cm³/mol. The molecule has 5 rings (SSSR count). The van der Waals surface area contributed by atoms with E-state index in [9.17, 15) is 14.4 Å². The third-order valence-electron chi connectivity index (χ3n) is 7.41. The average molecular weight is 464 g/mol. The van der Waals surface area contributed by atoms with Crippen LogP contribution in [0.3, 0.4) is 0 Å². The molecule has 2 fully saturated rings. The van der Waals surface area contributed by atoms with Crippen molar-refractivity contribution in [3.63, 3.8) is 0 Å². The van der Waals surface area contributed by atoms with Crippen LogP contribution in [0.15, 0.2) is 48.5 Å². The number of amides is 3. The van der Waals surface area contributed by atoms with Gasteiger partial charge in [0.05, 0.1) is 11.8 Å². The number of rotatable bonds is 7. The molecule has 7 heteroatoms. The second-order valence-corrected chi connectivity index (χ2v) is 10.0. The minimum atomic E-state index is -1.19. The van der Waals surface area contributed by atoms with Crippen molar-refractivity contribution in [3.8, 4) is 0 Å². The second-order valence-electron chi connectivity index (χ2n) is 9.05. The van der Waals surface area contributed by atoms with Gasteiger partial charge in [-0.05, 0) is 42.4 Å². The van der Waals surface area contributed by atoms with E-state index in [1.54, 1.807) is 11.8 Å². The van der Waals surface area contributed by atoms with Gasteiger partial charge in [-0.25, -0.2) is 0 Å². The molecule has 6 nitrogen and oxygen atoms in total. The lowest BCUT2D eigenvalue weighted by atomic mass is 9.76. The quantitative estimate of drug-likeness (QED) is 0.618. The first-order valence-corrected chi connectivity index (χ1v) is 13.0. The lowest BCUT2D eigenvalue weighted by molar-refractivity contribution is -0.142. The van der Waals surface area contributed by atoms with Crippen molar-refractivity contribution in [3.05, 3.63) is 65.2 Å². The number of carbonyl (C=O) groups is 3. The van der Waals surface area contributed by atoms with Crippen LogP contribution in [-0.4, -0.2) is 47.2 Å². The van der Waals surface area contributed by atoms with Crippen molar-refractivity contribution in [1.29, 1.82) is 0 Å². The fraction of sp³-hybridized carbons (Fsp3) is 0.423. The van der Waals surface area contributed by atoms with Crippen LogP contribution in [0, 0.1) is 11.8 Å². The Bertz CT molecular complexity index is 1110. The van der Waals surface area contributed by atoms with Gasteiger partial charge in [0.25, 0.3) is 0 Å². The standard InChI is InChI=1S/C26H29N3O3S/c1-3-17-10-7-11-18-22(17)27-25(32)26(18)21-20(19(28-26)13-15-33-2)23(30)29(24(21)31)14-12-16-8-5-4-6-9-16/h4-11,19-21,28H,3,12-15H2,1-2H3,(H,27,32)/t19-,20+,21+,26+/m0/s1. The van der Waals surface area contributed by atoms with Crippen LogP contribution in [-0.2, 0) is 32.8 Å². The Kier molecular flexibility index (Phi) is 5.79. The van der Waals surface area contributed by atoms with Crippen LogP contribution in [0.1, 0.15) is 30.0 Å². The van der Waals surface area contributed by atoms with Crippen molar-refractivity contribution in [2.24, 2.45) is 11.8 Å². The minimum Gasteiger partial charge on any atom is -0.324 e. The fourth-order valence-corrected chi connectivity index (χ4v) is 6.33. The van der Waals surface area contributed by atoms with E-state index < -0.39 is 17.4 Å². The first-order valence-electron chi connectivity index (χ1n) is 11.6. The Morgan fingerprint density at radius 3 is 2.55 bits per heavy atom. The molecule has 172 valence electrons. The highest BCUT2D eigenvalue weighted by atomic mass is 32.2. The van der Waals surface area contributed by atoms with E-state index in [1.807, 2.05) is 54.8 Å². The van der Waals surface area contributed by atoms with E-state index in [1.165, 1.54) is 4.90 Å². The Labute approximate surface area is 198 Å². The molecular weight excluding hydrogens is 434 g/mol. The Balaban J connectivity index is 1.54. The van der Waals surface area contributed by atoms with Crippen molar-refractivity contribution in [2.75, 3.05) is 23.9 Å². The highest BCUT2D eigenvalue weighted by Gasteiger charge is 2.70.